The lowest BCUT2D eigenvalue weighted by Crippen LogP contribution is -2.29. The van der Waals surface area contributed by atoms with E-state index in [0.717, 1.165) is 12.0 Å². The number of carbonyl (C=O) groups is 3. The number of rotatable bonds is 9. The van der Waals surface area contributed by atoms with Gasteiger partial charge < -0.3 is 20.5 Å². The van der Waals surface area contributed by atoms with Gasteiger partial charge in [-0.25, -0.2) is 4.39 Å². The zero-order chi connectivity index (χ0) is 25.9. The fraction of sp³-hybridized carbons (Fsp3) is 0.407. The van der Waals surface area contributed by atoms with E-state index in [9.17, 15) is 24.0 Å². The summed E-state index contributed by atoms with van der Waals surface area (Å²) in [5.41, 5.74) is 1.65. The van der Waals surface area contributed by atoms with Gasteiger partial charge in [0, 0.05) is 41.6 Å². The molecule has 2 aromatic carbocycles. The highest BCUT2D eigenvalue weighted by Gasteiger charge is 2.61. The zero-order valence-corrected chi connectivity index (χ0v) is 20.0. The molecule has 2 aliphatic rings. The molecule has 8 nitrogen and oxygen atoms in total. The first-order chi connectivity index (χ1) is 17.3. The number of nitriles is 1. The number of nitrogens with zero attached hydrogens (tertiary/aromatic N) is 1. The van der Waals surface area contributed by atoms with Crippen molar-refractivity contribution in [2.24, 2.45) is 5.92 Å². The van der Waals surface area contributed by atoms with Crippen molar-refractivity contribution in [3.63, 3.8) is 0 Å². The Labute approximate surface area is 208 Å². The molecule has 188 valence electrons. The van der Waals surface area contributed by atoms with Crippen LogP contribution in [0.4, 0.5) is 10.1 Å². The minimum absolute atomic E-state index is 0.000629. The van der Waals surface area contributed by atoms with Gasteiger partial charge in [0.2, 0.25) is 5.91 Å². The number of carbonyl (C=O) groups excluding carboxylic acids is 2. The van der Waals surface area contributed by atoms with Crippen LogP contribution in [0.3, 0.4) is 0 Å². The van der Waals surface area contributed by atoms with Gasteiger partial charge in [0.05, 0.1) is 23.8 Å². The van der Waals surface area contributed by atoms with Crippen LogP contribution in [0.25, 0.3) is 0 Å². The first-order valence-corrected chi connectivity index (χ1v) is 12.1. The van der Waals surface area contributed by atoms with Crippen molar-refractivity contribution >= 4 is 23.5 Å². The van der Waals surface area contributed by atoms with Gasteiger partial charge in [-0.2, -0.15) is 5.26 Å². The van der Waals surface area contributed by atoms with Gasteiger partial charge >= 0.3 is 5.97 Å². The molecule has 1 aliphatic carbocycles. The molecule has 2 aromatic rings. The third-order valence-corrected chi connectivity index (χ3v) is 6.92. The van der Waals surface area contributed by atoms with Crippen molar-refractivity contribution in [1.29, 1.82) is 5.26 Å². The molecule has 1 fully saturated rings. The molecular weight excluding hydrogens is 465 g/mol. The van der Waals surface area contributed by atoms with Crippen LogP contribution in [0.1, 0.15) is 66.1 Å². The minimum Gasteiger partial charge on any atom is -0.493 e. The Morgan fingerprint density at radius 2 is 2.08 bits per heavy atom. The maximum atomic E-state index is 14.7. The predicted molar refractivity (Wildman–Crippen MR) is 129 cm³/mol. The quantitative estimate of drug-likeness (QED) is 0.486. The summed E-state index contributed by atoms with van der Waals surface area (Å²) in [6.45, 7) is 2.67. The van der Waals surface area contributed by atoms with E-state index < -0.39 is 29.0 Å². The third-order valence-electron chi connectivity index (χ3n) is 6.92. The largest absolute Gasteiger partial charge is 0.493 e. The summed E-state index contributed by atoms with van der Waals surface area (Å²) in [5, 5.41) is 23.8. The van der Waals surface area contributed by atoms with Crippen LogP contribution in [-0.4, -0.2) is 36.0 Å². The lowest BCUT2D eigenvalue weighted by molar-refractivity contribution is -0.137. The summed E-state index contributed by atoms with van der Waals surface area (Å²) >= 11 is 0. The van der Waals surface area contributed by atoms with Crippen molar-refractivity contribution in [3.05, 3.63) is 58.4 Å². The summed E-state index contributed by atoms with van der Waals surface area (Å²) in [5.74, 6) is -2.36. The highest BCUT2D eigenvalue weighted by Crippen LogP contribution is 2.61. The Balaban J connectivity index is 1.56. The molecule has 1 heterocycles. The fourth-order valence-electron chi connectivity index (χ4n) is 4.90. The Bertz CT molecular complexity index is 1250. The lowest BCUT2D eigenvalue weighted by Gasteiger charge is -2.27. The van der Waals surface area contributed by atoms with E-state index in [2.05, 4.69) is 16.7 Å². The summed E-state index contributed by atoms with van der Waals surface area (Å²) in [6.07, 6.45) is 2.65. The SMILES string of the molecule is CCCNC(=O)c1cc2c(cc1F)OCC[C@]21C[C@H]1C(=O)Nc1cc(C#N)ccc1CCCC(=O)O. The number of ether oxygens (including phenoxy) is 1. The van der Waals surface area contributed by atoms with Crippen molar-refractivity contribution in [3.8, 4) is 11.8 Å². The van der Waals surface area contributed by atoms with E-state index in [1.54, 1.807) is 18.2 Å². The standard InChI is InChI=1S/C27H28FN3O5/c1-2-9-30-25(34)18-12-19-23(13-21(18)28)36-10-8-27(19)14-20(27)26(35)31-22-11-16(15-29)6-7-17(22)4-3-5-24(32)33/h6-7,11-13,20H,2-5,8-10,14H2,1H3,(H,30,34)(H,31,35)(H,32,33)/t20-,27-/m0/s1. The maximum absolute atomic E-state index is 14.7. The highest BCUT2D eigenvalue weighted by atomic mass is 19.1. The molecule has 2 atom stereocenters. The number of hydrogen-bond acceptors (Lipinski definition) is 5. The number of nitrogens with one attached hydrogen (secondary N) is 2. The molecule has 2 amide bonds. The van der Waals surface area contributed by atoms with Gasteiger partial charge in [0.1, 0.15) is 11.6 Å². The topological polar surface area (TPSA) is 129 Å². The first-order valence-electron chi connectivity index (χ1n) is 12.1. The summed E-state index contributed by atoms with van der Waals surface area (Å²) in [4.78, 5) is 36.7. The van der Waals surface area contributed by atoms with E-state index in [0.29, 0.717) is 61.4 Å². The number of aryl methyl sites for hydroxylation is 1. The minimum atomic E-state index is -0.897. The Morgan fingerprint density at radius 1 is 1.28 bits per heavy atom. The van der Waals surface area contributed by atoms with E-state index in [-0.39, 0.29) is 17.9 Å². The second-order valence-corrected chi connectivity index (χ2v) is 9.32. The molecule has 1 saturated carbocycles. The molecule has 1 aliphatic heterocycles. The van der Waals surface area contributed by atoms with Crippen LogP contribution in [0.15, 0.2) is 30.3 Å². The third kappa shape index (κ3) is 5.03. The molecule has 36 heavy (non-hydrogen) atoms. The Hall–Kier alpha value is -3.93. The number of benzene rings is 2. The van der Waals surface area contributed by atoms with Crippen molar-refractivity contribution in [1.82, 2.24) is 5.32 Å². The molecule has 0 saturated heterocycles. The molecule has 0 bridgehead atoms. The van der Waals surface area contributed by atoms with Crippen LogP contribution in [0.2, 0.25) is 0 Å². The average molecular weight is 494 g/mol. The Morgan fingerprint density at radius 3 is 2.81 bits per heavy atom. The molecule has 1 spiro atoms. The van der Waals surface area contributed by atoms with E-state index in [1.165, 1.54) is 12.1 Å². The number of fused-ring (bicyclic) bond motifs is 2. The van der Waals surface area contributed by atoms with Gasteiger partial charge in [0.15, 0.2) is 0 Å². The van der Waals surface area contributed by atoms with Crippen molar-refractivity contribution in [2.75, 3.05) is 18.5 Å². The number of carboxylic acids is 1. The van der Waals surface area contributed by atoms with Gasteiger partial charge in [-0.05, 0) is 55.9 Å². The number of hydrogen-bond donors (Lipinski definition) is 3. The van der Waals surface area contributed by atoms with Crippen LogP contribution in [-0.2, 0) is 21.4 Å². The summed E-state index contributed by atoms with van der Waals surface area (Å²) < 4.78 is 20.3. The molecule has 9 heteroatoms. The number of anilines is 1. The number of halogens is 1. The number of aliphatic carboxylic acids is 1. The summed E-state index contributed by atoms with van der Waals surface area (Å²) in [6, 6.07) is 9.75. The zero-order valence-electron chi connectivity index (χ0n) is 20.0. The smallest absolute Gasteiger partial charge is 0.303 e. The van der Waals surface area contributed by atoms with Crippen molar-refractivity contribution in [2.45, 2.75) is 50.9 Å². The Kier molecular flexibility index (Phi) is 7.25. The summed E-state index contributed by atoms with van der Waals surface area (Å²) in [7, 11) is 0. The fourth-order valence-corrected chi connectivity index (χ4v) is 4.90. The van der Waals surface area contributed by atoms with Crippen LogP contribution < -0.4 is 15.4 Å². The van der Waals surface area contributed by atoms with E-state index >= 15 is 0 Å². The molecule has 0 unspecified atom stereocenters. The lowest BCUT2D eigenvalue weighted by atomic mass is 9.86. The maximum Gasteiger partial charge on any atom is 0.303 e. The first kappa shape index (κ1) is 25.2. The number of carboxylic acid groups (broad SMARTS) is 1. The van der Waals surface area contributed by atoms with Gasteiger partial charge in [-0.15, -0.1) is 0 Å². The molecule has 0 radical (unpaired) electrons. The monoisotopic (exact) mass is 493 g/mol. The van der Waals surface area contributed by atoms with Crippen LogP contribution in [0.5, 0.6) is 5.75 Å². The molecule has 3 N–H and O–H groups in total. The highest BCUT2D eigenvalue weighted by molar-refractivity contribution is 5.98. The molecule has 0 aromatic heterocycles. The van der Waals surface area contributed by atoms with Gasteiger partial charge in [0.25, 0.3) is 5.91 Å². The van der Waals surface area contributed by atoms with E-state index in [1.807, 2.05) is 6.92 Å². The molecular formula is C27H28FN3O5. The van der Waals surface area contributed by atoms with Gasteiger partial charge in [-0.1, -0.05) is 13.0 Å². The van der Waals surface area contributed by atoms with E-state index in [4.69, 9.17) is 9.84 Å². The normalized spacial score (nSPS) is 19.5. The second-order valence-electron chi connectivity index (χ2n) is 9.32. The number of amides is 2. The van der Waals surface area contributed by atoms with Crippen LogP contribution >= 0.6 is 0 Å². The average Bonchev–Trinajstić information content (AvgIpc) is 3.57. The second kappa shape index (κ2) is 10.4. The van der Waals surface area contributed by atoms with Crippen LogP contribution in [0, 0.1) is 23.1 Å². The van der Waals surface area contributed by atoms with Crippen molar-refractivity contribution < 1.29 is 28.6 Å². The van der Waals surface area contributed by atoms with Gasteiger partial charge in [-0.3, -0.25) is 14.4 Å². The predicted octanol–water partition coefficient (Wildman–Crippen LogP) is 3.92. The molecule has 4 rings (SSSR count).